The van der Waals surface area contributed by atoms with Crippen molar-refractivity contribution >= 4 is 15.7 Å². The van der Waals surface area contributed by atoms with E-state index in [9.17, 15) is 17.2 Å². The third-order valence-electron chi connectivity index (χ3n) is 2.80. The number of aromatic nitrogens is 3. The summed E-state index contributed by atoms with van der Waals surface area (Å²) in [4.78, 5) is -0.719. The van der Waals surface area contributed by atoms with E-state index in [-0.39, 0.29) is 6.54 Å². The molecule has 0 amide bonds. The van der Waals surface area contributed by atoms with Crippen LogP contribution in [0.15, 0.2) is 23.4 Å². The van der Waals surface area contributed by atoms with E-state index in [2.05, 4.69) is 14.9 Å². The predicted octanol–water partition coefficient (Wildman–Crippen LogP) is 0.637. The van der Waals surface area contributed by atoms with Crippen molar-refractivity contribution in [1.82, 2.24) is 19.5 Å². The van der Waals surface area contributed by atoms with E-state index >= 15 is 0 Å². The maximum atomic E-state index is 13.6. The Balaban J connectivity index is 2.25. The third-order valence-corrected chi connectivity index (χ3v) is 4.21. The number of nitrogens with one attached hydrogen (secondary N) is 1. The van der Waals surface area contributed by atoms with Gasteiger partial charge in [0, 0.05) is 12.6 Å². The van der Waals surface area contributed by atoms with E-state index in [4.69, 9.17) is 5.73 Å². The van der Waals surface area contributed by atoms with E-state index in [1.807, 2.05) is 6.92 Å². The second-order valence-corrected chi connectivity index (χ2v) is 5.90. The normalized spacial score (nSPS) is 11.8. The highest BCUT2D eigenvalue weighted by atomic mass is 32.2. The molecule has 0 aliphatic heterocycles. The van der Waals surface area contributed by atoms with Gasteiger partial charge < -0.3 is 10.3 Å². The molecule has 7 nitrogen and oxygen atoms in total. The van der Waals surface area contributed by atoms with E-state index in [0.717, 1.165) is 6.07 Å². The molecule has 3 N–H and O–H groups in total. The number of halogens is 2. The van der Waals surface area contributed by atoms with Gasteiger partial charge in [-0.05, 0) is 13.0 Å². The van der Waals surface area contributed by atoms with Gasteiger partial charge in [-0.15, -0.1) is 10.2 Å². The minimum Gasteiger partial charge on any atom is -0.396 e. The quantitative estimate of drug-likeness (QED) is 0.788. The molecule has 0 bridgehead atoms. The van der Waals surface area contributed by atoms with Crippen LogP contribution in [-0.4, -0.2) is 23.2 Å². The smallest absolute Gasteiger partial charge is 0.243 e. The molecule has 0 atom stereocenters. The molecular formula is C11H13F2N5O2S. The first-order chi connectivity index (χ1) is 9.85. The van der Waals surface area contributed by atoms with Gasteiger partial charge in [0.05, 0.1) is 12.2 Å². The zero-order chi connectivity index (χ0) is 15.6. The summed E-state index contributed by atoms with van der Waals surface area (Å²) in [5, 5.41) is 7.39. The summed E-state index contributed by atoms with van der Waals surface area (Å²) in [6, 6.07) is 1.16. The number of aryl methyl sites for hydroxylation is 1. The molecule has 0 aliphatic carbocycles. The number of rotatable bonds is 5. The minimum absolute atomic E-state index is 0.174. The lowest BCUT2D eigenvalue weighted by Crippen LogP contribution is -2.26. The summed E-state index contributed by atoms with van der Waals surface area (Å²) in [6.45, 7) is 2.22. The molecule has 1 aromatic heterocycles. The van der Waals surface area contributed by atoms with Gasteiger partial charge in [-0.25, -0.2) is 21.9 Å². The van der Waals surface area contributed by atoms with Crippen LogP contribution in [0.3, 0.4) is 0 Å². The van der Waals surface area contributed by atoms with Crippen molar-refractivity contribution in [2.45, 2.75) is 24.9 Å². The Labute approximate surface area is 119 Å². The molecule has 0 unspecified atom stereocenters. The van der Waals surface area contributed by atoms with Crippen molar-refractivity contribution in [2.75, 3.05) is 5.73 Å². The molecule has 0 saturated heterocycles. The number of sulfonamides is 1. The van der Waals surface area contributed by atoms with Crippen LogP contribution >= 0.6 is 0 Å². The number of anilines is 1. The molecule has 0 aliphatic rings. The average molecular weight is 317 g/mol. The Kier molecular flexibility index (Phi) is 4.19. The highest BCUT2D eigenvalue weighted by Gasteiger charge is 2.21. The van der Waals surface area contributed by atoms with Crippen LogP contribution in [0.5, 0.6) is 0 Å². The molecule has 114 valence electrons. The van der Waals surface area contributed by atoms with Crippen molar-refractivity contribution in [1.29, 1.82) is 0 Å². The second kappa shape index (κ2) is 5.74. The number of hydrogen-bond acceptors (Lipinski definition) is 5. The zero-order valence-electron chi connectivity index (χ0n) is 11.0. The fraction of sp³-hybridized carbons (Fsp3) is 0.273. The summed E-state index contributed by atoms with van der Waals surface area (Å²) in [7, 11) is -4.18. The maximum Gasteiger partial charge on any atom is 0.243 e. The maximum absolute atomic E-state index is 13.6. The van der Waals surface area contributed by atoms with Crippen molar-refractivity contribution < 1.29 is 17.2 Å². The number of nitrogens with zero attached hydrogens (tertiary/aromatic N) is 3. The predicted molar refractivity (Wildman–Crippen MR) is 70.5 cm³/mol. The van der Waals surface area contributed by atoms with Crippen LogP contribution in [0.1, 0.15) is 12.7 Å². The van der Waals surface area contributed by atoms with Crippen molar-refractivity contribution in [2.24, 2.45) is 0 Å². The first kappa shape index (κ1) is 15.3. The van der Waals surface area contributed by atoms with Crippen molar-refractivity contribution in [3.63, 3.8) is 0 Å². The third kappa shape index (κ3) is 3.16. The standard InChI is InChI=1S/C11H13F2N5O2S/c1-2-18-6-15-17-11(18)5-16-21(19,20)10-4-9(14)7(12)3-8(10)13/h3-4,6,16H,2,5,14H2,1H3. The van der Waals surface area contributed by atoms with Gasteiger partial charge in [-0.1, -0.05) is 0 Å². The number of nitrogen functional groups attached to an aromatic ring is 1. The highest BCUT2D eigenvalue weighted by molar-refractivity contribution is 7.89. The summed E-state index contributed by atoms with van der Waals surface area (Å²) in [5.41, 5.74) is 4.81. The Bertz CT molecular complexity index is 760. The fourth-order valence-electron chi connectivity index (χ4n) is 1.67. The monoisotopic (exact) mass is 317 g/mol. The van der Waals surface area contributed by atoms with Crippen LogP contribution in [0.25, 0.3) is 0 Å². The lowest BCUT2D eigenvalue weighted by molar-refractivity contribution is 0.542. The zero-order valence-corrected chi connectivity index (χ0v) is 11.9. The molecule has 0 spiro atoms. The summed E-state index contributed by atoms with van der Waals surface area (Å²) in [6.07, 6.45) is 1.44. The van der Waals surface area contributed by atoms with Crippen LogP contribution in [-0.2, 0) is 23.1 Å². The molecular weight excluding hydrogens is 304 g/mol. The SMILES string of the molecule is CCn1cnnc1CNS(=O)(=O)c1cc(N)c(F)cc1F. The molecule has 1 heterocycles. The molecule has 2 rings (SSSR count). The topological polar surface area (TPSA) is 103 Å². The summed E-state index contributed by atoms with van der Waals surface area (Å²) >= 11 is 0. The van der Waals surface area contributed by atoms with Gasteiger partial charge in [-0.3, -0.25) is 0 Å². The largest absolute Gasteiger partial charge is 0.396 e. The Morgan fingerprint density at radius 3 is 2.71 bits per heavy atom. The van der Waals surface area contributed by atoms with Gasteiger partial charge in [-0.2, -0.15) is 0 Å². The van der Waals surface area contributed by atoms with Gasteiger partial charge in [0.15, 0.2) is 0 Å². The lowest BCUT2D eigenvalue weighted by Gasteiger charge is -2.09. The van der Waals surface area contributed by atoms with Gasteiger partial charge in [0.1, 0.15) is 28.7 Å². The Morgan fingerprint density at radius 1 is 1.33 bits per heavy atom. The van der Waals surface area contributed by atoms with Gasteiger partial charge >= 0.3 is 0 Å². The first-order valence-electron chi connectivity index (χ1n) is 5.96. The van der Waals surface area contributed by atoms with Crippen molar-refractivity contribution in [3.05, 3.63) is 35.9 Å². The number of benzene rings is 1. The Morgan fingerprint density at radius 2 is 2.05 bits per heavy atom. The lowest BCUT2D eigenvalue weighted by atomic mass is 10.3. The number of hydrogen-bond donors (Lipinski definition) is 2. The molecule has 10 heteroatoms. The first-order valence-corrected chi connectivity index (χ1v) is 7.44. The average Bonchev–Trinajstić information content (AvgIpc) is 2.88. The summed E-state index contributed by atoms with van der Waals surface area (Å²) in [5.74, 6) is -1.86. The Hall–Kier alpha value is -2.07. The summed E-state index contributed by atoms with van der Waals surface area (Å²) < 4.78 is 54.5. The van der Waals surface area contributed by atoms with Crippen LogP contribution < -0.4 is 10.5 Å². The number of nitrogens with two attached hydrogens (primary N) is 1. The van der Waals surface area contributed by atoms with Crippen LogP contribution in [0.2, 0.25) is 0 Å². The van der Waals surface area contributed by atoms with Gasteiger partial charge in [0.25, 0.3) is 0 Å². The molecule has 1 aromatic carbocycles. The van der Waals surface area contributed by atoms with Crippen LogP contribution in [0.4, 0.5) is 14.5 Å². The fourth-order valence-corrected chi connectivity index (χ4v) is 2.74. The highest BCUT2D eigenvalue weighted by Crippen LogP contribution is 2.20. The van der Waals surface area contributed by atoms with E-state index in [1.165, 1.54) is 6.33 Å². The van der Waals surface area contributed by atoms with E-state index in [0.29, 0.717) is 18.4 Å². The second-order valence-electron chi connectivity index (χ2n) is 4.16. The molecule has 0 saturated carbocycles. The van der Waals surface area contributed by atoms with Crippen molar-refractivity contribution in [3.8, 4) is 0 Å². The van der Waals surface area contributed by atoms with E-state index < -0.39 is 32.2 Å². The molecule has 21 heavy (non-hydrogen) atoms. The van der Waals surface area contributed by atoms with E-state index in [1.54, 1.807) is 4.57 Å². The molecule has 2 aromatic rings. The van der Waals surface area contributed by atoms with Crippen LogP contribution in [0, 0.1) is 11.6 Å². The minimum atomic E-state index is -4.18. The van der Waals surface area contributed by atoms with Gasteiger partial charge in [0.2, 0.25) is 10.0 Å². The molecule has 0 fully saturated rings. The molecule has 0 radical (unpaired) electrons.